The largest absolute Gasteiger partial charge is 0.493 e. The molecule has 0 aliphatic heterocycles. The molecule has 1 aliphatic carbocycles. The third-order valence-corrected chi connectivity index (χ3v) is 4.33. The monoisotopic (exact) mass is 352 g/mol. The summed E-state index contributed by atoms with van der Waals surface area (Å²) in [6, 6.07) is 5.65. The summed E-state index contributed by atoms with van der Waals surface area (Å²) in [5.41, 5.74) is 14.4. The molecule has 2 aromatic rings. The molecule has 4 N–H and O–H groups in total. The van der Waals surface area contributed by atoms with Crippen molar-refractivity contribution in [3.05, 3.63) is 42.2 Å². The van der Waals surface area contributed by atoms with E-state index in [2.05, 4.69) is 16.6 Å². The van der Waals surface area contributed by atoms with Crippen molar-refractivity contribution < 1.29 is 9.47 Å². The maximum Gasteiger partial charge on any atom is 0.161 e. The fraction of sp³-hybridized carbons (Fsp3) is 0.300. The number of nitrogens with zero attached hydrogens (tertiary/aromatic N) is 2. The van der Waals surface area contributed by atoms with Crippen molar-refractivity contribution in [3.8, 4) is 11.5 Å². The number of aromatic nitrogens is 1. The van der Waals surface area contributed by atoms with E-state index in [1.54, 1.807) is 20.3 Å². The number of pyridine rings is 1. The molecular formula is C20H24N4O2. The molecular weight excluding hydrogens is 328 g/mol. The predicted octanol–water partition coefficient (Wildman–Crippen LogP) is 3.53. The predicted molar refractivity (Wildman–Crippen MR) is 106 cm³/mol. The highest BCUT2D eigenvalue weighted by Crippen LogP contribution is 2.36. The maximum absolute atomic E-state index is 6.03. The minimum atomic E-state index is 0.342. The fourth-order valence-electron chi connectivity index (χ4n) is 2.82. The van der Waals surface area contributed by atoms with Gasteiger partial charge in [-0.15, -0.1) is 0 Å². The molecule has 1 aromatic carbocycles. The van der Waals surface area contributed by atoms with Gasteiger partial charge in [0.05, 0.1) is 19.9 Å². The van der Waals surface area contributed by atoms with E-state index < -0.39 is 0 Å². The van der Waals surface area contributed by atoms with Crippen LogP contribution >= 0.6 is 0 Å². The zero-order valence-corrected chi connectivity index (χ0v) is 15.4. The summed E-state index contributed by atoms with van der Waals surface area (Å²) < 4.78 is 10.8. The number of rotatable bonds is 6. The Balaban J connectivity index is 2.11. The Morgan fingerprint density at radius 2 is 1.85 bits per heavy atom. The van der Waals surface area contributed by atoms with Crippen LogP contribution in [0.15, 0.2) is 41.5 Å². The van der Waals surface area contributed by atoms with Gasteiger partial charge >= 0.3 is 0 Å². The number of hydrogen-bond acceptors (Lipinski definition) is 5. The first-order chi connectivity index (χ1) is 12.4. The lowest BCUT2D eigenvalue weighted by Crippen LogP contribution is -2.12. The normalized spacial score (nSPS) is 15.2. The first kappa shape index (κ1) is 17.8. The minimum absolute atomic E-state index is 0.342. The van der Waals surface area contributed by atoms with Gasteiger partial charge in [0.2, 0.25) is 0 Å². The van der Waals surface area contributed by atoms with E-state index >= 15 is 0 Å². The van der Waals surface area contributed by atoms with E-state index in [-0.39, 0.29) is 0 Å². The Labute approximate surface area is 153 Å². The van der Waals surface area contributed by atoms with E-state index in [1.807, 2.05) is 25.1 Å². The van der Waals surface area contributed by atoms with Gasteiger partial charge in [-0.3, -0.25) is 0 Å². The first-order valence-electron chi connectivity index (χ1n) is 8.46. The summed E-state index contributed by atoms with van der Waals surface area (Å²) >= 11 is 0. The molecule has 0 unspecified atom stereocenters. The van der Waals surface area contributed by atoms with Crippen LogP contribution in [0, 0.1) is 5.92 Å². The van der Waals surface area contributed by atoms with Crippen LogP contribution in [0.4, 0.5) is 5.82 Å². The number of ether oxygens (including phenoxy) is 2. The van der Waals surface area contributed by atoms with Gasteiger partial charge < -0.3 is 20.9 Å². The van der Waals surface area contributed by atoms with Crippen molar-refractivity contribution in [3.63, 3.8) is 0 Å². The van der Waals surface area contributed by atoms with Crippen molar-refractivity contribution >= 4 is 28.0 Å². The molecule has 1 fully saturated rings. The van der Waals surface area contributed by atoms with Gasteiger partial charge in [-0.2, -0.15) is 0 Å². The Bertz CT molecular complexity index is 927. The molecule has 0 radical (unpaired) electrons. The molecule has 0 atom stereocenters. The van der Waals surface area contributed by atoms with Gasteiger partial charge in [-0.1, -0.05) is 6.58 Å². The Hall–Kier alpha value is -3.02. The van der Waals surface area contributed by atoms with Crippen LogP contribution in [0.2, 0.25) is 0 Å². The lowest BCUT2D eigenvalue weighted by molar-refractivity contribution is 0.356. The van der Waals surface area contributed by atoms with E-state index in [1.165, 1.54) is 0 Å². The topological polar surface area (TPSA) is 95.8 Å². The molecule has 1 saturated carbocycles. The van der Waals surface area contributed by atoms with Crippen LogP contribution < -0.4 is 20.9 Å². The van der Waals surface area contributed by atoms with Crippen LogP contribution in [0.5, 0.6) is 11.5 Å². The summed E-state index contributed by atoms with van der Waals surface area (Å²) in [6.07, 6.45) is 3.95. The molecule has 26 heavy (non-hydrogen) atoms. The summed E-state index contributed by atoms with van der Waals surface area (Å²) in [4.78, 5) is 9.02. The second-order valence-corrected chi connectivity index (χ2v) is 6.49. The number of methoxy groups -OCH3 is 2. The highest BCUT2D eigenvalue weighted by molar-refractivity contribution is 5.97. The number of amidine groups is 1. The quantitative estimate of drug-likeness (QED) is 0.612. The number of fused-ring (bicyclic) bond motifs is 1. The average molecular weight is 352 g/mol. The zero-order chi connectivity index (χ0) is 18.8. The average Bonchev–Trinajstić information content (AvgIpc) is 3.44. The summed E-state index contributed by atoms with van der Waals surface area (Å²) in [5.74, 6) is 2.56. The lowest BCUT2D eigenvalue weighted by Gasteiger charge is -2.12. The molecule has 1 aromatic heterocycles. The van der Waals surface area contributed by atoms with E-state index in [0.717, 1.165) is 40.6 Å². The van der Waals surface area contributed by atoms with Crippen molar-refractivity contribution in [2.45, 2.75) is 19.8 Å². The van der Waals surface area contributed by atoms with Gasteiger partial charge in [0.1, 0.15) is 5.84 Å². The van der Waals surface area contributed by atoms with Crippen LogP contribution in [0.1, 0.15) is 25.5 Å². The molecule has 6 heteroatoms. The molecule has 0 bridgehead atoms. The zero-order valence-electron chi connectivity index (χ0n) is 15.4. The van der Waals surface area contributed by atoms with Gasteiger partial charge in [-0.25, -0.2) is 9.98 Å². The molecule has 1 heterocycles. The molecule has 3 rings (SSSR count). The van der Waals surface area contributed by atoms with Gasteiger partial charge in [0, 0.05) is 11.1 Å². The fourth-order valence-corrected chi connectivity index (χ4v) is 2.82. The molecule has 0 spiro atoms. The van der Waals surface area contributed by atoms with Gasteiger partial charge in [0.25, 0.3) is 0 Å². The SMILES string of the molecule is C=C(C)c1nc(/N=C(N)\C=C(/N)C2CC2)cc2cc(OC)c(OC)cc12. The van der Waals surface area contributed by atoms with Gasteiger partial charge in [-0.05, 0) is 60.9 Å². The molecule has 136 valence electrons. The van der Waals surface area contributed by atoms with E-state index in [4.69, 9.17) is 20.9 Å². The van der Waals surface area contributed by atoms with Crippen LogP contribution in [-0.4, -0.2) is 25.0 Å². The summed E-state index contributed by atoms with van der Waals surface area (Å²) in [5, 5.41) is 1.84. The number of allylic oxidation sites excluding steroid dienone is 2. The highest BCUT2D eigenvalue weighted by Gasteiger charge is 2.24. The highest BCUT2D eigenvalue weighted by atomic mass is 16.5. The van der Waals surface area contributed by atoms with E-state index in [0.29, 0.717) is 29.1 Å². The molecule has 0 saturated heterocycles. The van der Waals surface area contributed by atoms with Crippen LogP contribution in [-0.2, 0) is 0 Å². The summed E-state index contributed by atoms with van der Waals surface area (Å²) in [7, 11) is 3.21. The van der Waals surface area contributed by atoms with Crippen molar-refractivity contribution in [1.82, 2.24) is 4.98 Å². The third-order valence-electron chi connectivity index (χ3n) is 4.33. The standard InChI is InChI=1S/C20H24N4O2/c1-11(2)20-14-9-17(26-4)16(25-3)7-13(14)8-19(24-20)23-18(22)10-15(21)12-5-6-12/h7-10,12H,1,5-6,21H2,2-4H3,(H2,22,23,24)/b15-10-. The van der Waals surface area contributed by atoms with Crippen LogP contribution in [0.25, 0.3) is 16.3 Å². The van der Waals surface area contributed by atoms with E-state index in [9.17, 15) is 0 Å². The van der Waals surface area contributed by atoms with Gasteiger partial charge in [0.15, 0.2) is 17.3 Å². The maximum atomic E-state index is 6.03. The first-order valence-corrected chi connectivity index (χ1v) is 8.46. The second-order valence-electron chi connectivity index (χ2n) is 6.49. The number of nitrogens with two attached hydrogens (primary N) is 2. The Morgan fingerprint density at radius 3 is 2.42 bits per heavy atom. The molecule has 6 nitrogen and oxygen atoms in total. The Kier molecular flexibility index (Phi) is 4.84. The van der Waals surface area contributed by atoms with Crippen molar-refractivity contribution in [1.29, 1.82) is 0 Å². The molecule has 1 aliphatic rings. The third kappa shape index (κ3) is 3.64. The molecule has 0 amide bonds. The van der Waals surface area contributed by atoms with Crippen molar-refractivity contribution in [2.75, 3.05) is 14.2 Å². The smallest absolute Gasteiger partial charge is 0.161 e. The van der Waals surface area contributed by atoms with Crippen molar-refractivity contribution in [2.24, 2.45) is 22.4 Å². The Morgan fingerprint density at radius 1 is 1.19 bits per heavy atom. The number of hydrogen-bond donors (Lipinski definition) is 2. The number of benzene rings is 1. The second kappa shape index (κ2) is 7.07. The van der Waals surface area contributed by atoms with Crippen LogP contribution in [0.3, 0.4) is 0 Å². The minimum Gasteiger partial charge on any atom is -0.493 e. The summed E-state index contributed by atoms with van der Waals surface area (Å²) in [6.45, 7) is 5.93. The lowest BCUT2D eigenvalue weighted by atomic mass is 10.0. The number of aliphatic imine (C=N–C) groups is 1.